The van der Waals surface area contributed by atoms with E-state index in [2.05, 4.69) is 11.6 Å². The smallest absolute Gasteiger partial charge is 0.266 e. The maximum absolute atomic E-state index is 13.0. The van der Waals surface area contributed by atoms with Crippen molar-refractivity contribution in [1.29, 1.82) is 0 Å². The molecule has 8 heteroatoms. The Morgan fingerprint density at radius 1 is 1.19 bits per heavy atom. The summed E-state index contributed by atoms with van der Waals surface area (Å²) < 4.78 is 16.5. The normalized spacial score (nSPS) is 16.0. The third kappa shape index (κ3) is 5.47. The van der Waals surface area contributed by atoms with Crippen molar-refractivity contribution < 1.29 is 19.0 Å². The fourth-order valence-corrected chi connectivity index (χ4v) is 4.36. The Balaban J connectivity index is 1.89. The van der Waals surface area contributed by atoms with Crippen LogP contribution >= 0.6 is 23.4 Å². The zero-order valence-corrected chi connectivity index (χ0v) is 19.8. The summed E-state index contributed by atoms with van der Waals surface area (Å²) in [5.74, 6) is 1.60. The molecule has 0 bridgehead atoms. The highest BCUT2D eigenvalue weighted by Crippen LogP contribution is 2.39. The number of likely N-dealkylation sites (N-methyl/N-ethyl adjacent to an activating group) is 1. The molecular weight excluding hydrogens is 448 g/mol. The van der Waals surface area contributed by atoms with E-state index in [4.69, 9.17) is 25.8 Å². The fourth-order valence-electron chi connectivity index (χ4n) is 3.02. The predicted molar refractivity (Wildman–Crippen MR) is 131 cm³/mol. The first-order valence-electron chi connectivity index (χ1n) is 10.1. The molecule has 0 saturated carbocycles. The van der Waals surface area contributed by atoms with Crippen molar-refractivity contribution in [2.75, 3.05) is 26.9 Å². The molecule has 1 aliphatic rings. The van der Waals surface area contributed by atoms with E-state index in [1.54, 1.807) is 36.3 Å². The number of hydrogen-bond acceptors (Lipinski definition) is 6. The van der Waals surface area contributed by atoms with Crippen molar-refractivity contribution in [3.63, 3.8) is 0 Å². The highest BCUT2D eigenvalue weighted by atomic mass is 35.5. The van der Waals surface area contributed by atoms with Gasteiger partial charge in [-0.05, 0) is 73.6 Å². The van der Waals surface area contributed by atoms with Gasteiger partial charge in [0.1, 0.15) is 12.4 Å². The van der Waals surface area contributed by atoms with Gasteiger partial charge in [0, 0.05) is 6.54 Å². The van der Waals surface area contributed by atoms with Gasteiger partial charge in [0.15, 0.2) is 16.7 Å². The largest absolute Gasteiger partial charge is 0.494 e. The number of amides is 1. The van der Waals surface area contributed by atoms with Gasteiger partial charge in [0.2, 0.25) is 0 Å². The van der Waals surface area contributed by atoms with E-state index >= 15 is 0 Å². The summed E-state index contributed by atoms with van der Waals surface area (Å²) in [5.41, 5.74) is 1.48. The molecule has 0 spiro atoms. The Kier molecular flexibility index (Phi) is 8.25. The fraction of sp³-hybridized carbons (Fsp3) is 0.250. The summed E-state index contributed by atoms with van der Waals surface area (Å²) >= 11 is 7.71. The molecule has 6 nitrogen and oxygen atoms in total. The van der Waals surface area contributed by atoms with Gasteiger partial charge in [-0.25, -0.2) is 4.99 Å². The summed E-state index contributed by atoms with van der Waals surface area (Å²) in [6, 6.07) is 11.0. The first-order chi connectivity index (χ1) is 15.5. The maximum Gasteiger partial charge on any atom is 0.266 e. The summed E-state index contributed by atoms with van der Waals surface area (Å²) in [5, 5.41) is 1.01. The number of carbonyl (C=O) groups excluding carboxylic acids is 1. The number of rotatable bonds is 9. The minimum absolute atomic E-state index is 0.107. The van der Waals surface area contributed by atoms with Crippen LogP contribution in [0.1, 0.15) is 19.4 Å². The monoisotopic (exact) mass is 472 g/mol. The summed E-state index contributed by atoms with van der Waals surface area (Å²) in [6.45, 7) is 8.92. The molecular formula is C24H25ClN2O4S. The second-order valence-electron chi connectivity index (χ2n) is 6.62. The Morgan fingerprint density at radius 3 is 2.56 bits per heavy atom. The molecule has 0 radical (unpaired) electrons. The van der Waals surface area contributed by atoms with Crippen LogP contribution in [0.25, 0.3) is 6.08 Å². The molecule has 0 atom stereocenters. The summed E-state index contributed by atoms with van der Waals surface area (Å²) in [4.78, 5) is 19.8. The van der Waals surface area contributed by atoms with Gasteiger partial charge in [-0.2, -0.15) is 0 Å². The molecule has 1 amide bonds. The molecule has 1 saturated heterocycles. The van der Waals surface area contributed by atoms with E-state index in [9.17, 15) is 4.79 Å². The zero-order chi connectivity index (χ0) is 23.1. The van der Waals surface area contributed by atoms with E-state index in [1.165, 1.54) is 11.8 Å². The lowest BCUT2D eigenvalue weighted by Crippen LogP contribution is -2.28. The van der Waals surface area contributed by atoms with Crippen molar-refractivity contribution >= 4 is 46.2 Å². The van der Waals surface area contributed by atoms with Crippen LogP contribution < -0.4 is 14.2 Å². The Bertz CT molecular complexity index is 1050. The number of carbonyl (C=O) groups is 1. The zero-order valence-electron chi connectivity index (χ0n) is 18.3. The number of aliphatic imine (C=N–C) groups is 1. The Morgan fingerprint density at radius 2 is 1.94 bits per heavy atom. The lowest BCUT2D eigenvalue weighted by atomic mass is 10.1. The molecule has 1 aliphatic heterocycles. The van der Waals surface area contributed by atoms with Crippen LogP contribution in [0.2, 0.25) is 5.02 Å². The van der Waals surface area contributed by atoms with Crippen molar-refractivity contribution in [1.82, 2.24) is 4.90 Å². The number of methoxy groups -OCH3 is 1. The number of benzene rings is 2. The van der Waals surface area contributed by atoms with Gasteiger partial charge in [-0.15, -0.1) is 0 Å². The number of amidine groups is 1. The van der Waals surface area contributed by atoms with Gasteiger partial charge in [-0.1, -0.05) is 24.3 Å². The van der Waals surface area contributed by atoms with Crippen LogP contribution in [0.5, 0.6) is 17.2 Å². The summed E-state index contributed by atoms with van der Waals surface area (Å²) in [7, 11) is 1.54. The highest BCUT2D eigenvalue weighted by molar-refractivity contribution is 8.18. The highest BCUT2D eigenvalue weighted by Gasteiger charge is 2.32. The molecule has 0 unspecified atom stereocenters. The number of ether oxygens (including phenoxy) is 3. The molecule has 32 heavy (non-hydrogen) atoms. The predicted octanol–water partition coefficient (Wildman–Crippen LogP) is 5.94. The molecule has 2 aromatic carbocycles. The minimum Gasteiger partial charge on any atom is -0.494 e. The first-order valence-corrected chi connectivity index (χ1v) is 11.3. The first kappa shape index (κ1) is 23.8. The van der Waals surface area contributed by atoms with E-state index in [1.807, 2.05) is 38.1 Å². The molecule has 1 heterocycles. The average molecular weight is 473 g/mol. The lowest BCUT2D eigenvalue weighted by molar-refractivity contribution is -0.122. The van der Waals surface area contributed by atoms with E-state index in [0.29, 0.717) is 46.4 Å². The van der Waals surface area contributed by atoms with Crippen LogP contribution in [0.3, 0.4) is 0 Å². The van der Waals surface area contributed by atoms with Crippen LogP contribution in [0, 0.1) is 0 Å². The van der Waals surface area contributed by atoms with Crippen molar-refractivity contribution in [2.45, 2.75) is 13.8 Å². The van der Waals surface area contributed by atoms with Gasteiger partial charge in [-0.3, -0.25) is 9.69 Å². The molecule has 0 aliphatic carbocycles. The van der Waals surface area contributed by atoms with Crippen LogP contribution in [-0.2, 0) is 4.79 Å². The minimum atomic E-state index is -0.107. The third-order valence-electron chi connectivity index (χ3n) is 4.47. The number of nitrogens with zero attached hydrogens (tertiary/aromatic N) is 2. The SMILES string of the molecule is C=CCOc1c(Cl)cc(/C=C2/SC(=Nc3ccc(OCC)cc3)N(CC)C2=O)cc1OC. The molecule has 0 N–H and O–H groups in total. The quantitative estimate of drug-likeness (QED) is 0.334. The topological polar surface area (TPSA) is 60.4 Å². The summed E-state index contributed by atoms with van der Waals surface area (Å²) in [6.07, 6.45) is 3.41. The number of hydrogen-bond donors (Lipinski definition) is 0. The van der Waals surface area contributed by atoms with Crippen LogP contribution in [0.15, 0.2) is 59.0 Å². The molecule has 168 valence electrons. The Hall–Kier alpha value is -2.90. The van der Waals surface area contributed by atoms with Crippen molar-refractivity contribution in [3.05, 3.63) is 64.5 Å². The van der Waals surface area contributed by atoms with Crippen molar-refractivity contribution in [3.8, 4) is 17.2 Å². The van der Waals surface area contributed by atoms with Crippen molar-refractivity contribution in [2.24, 2.45) is 4.99 Å². The van der Waals surface area contributed by atoms with Crippen LogP contribution in [-0.4, -0.2) is 42.8 Å². The molecule has 1 fully saturated rings. The molecule has 2 aromatic rings. The third-order valence-corrected chi connectivity index (χ3v) is 5.76. The second kappa shape index (κ2) is 11.1. The van der Waals surface area contributed by atoms with Gasteiger partial charge >= 0.3 is 0 Å². The van der Waals surface area contributed by atoms with E-state index in [0.717, 1.165) is 17.0 Å². The molecule has 3 rings (SSSR count). The standard InChI is InChI=1S/C24H25ClN2O4S/c1-5-12-31-22-19(25)13-16(14-20(22)29-4)15-21-23(28)27(6-2)24(32-21)26-17-8-10-18(11-9-17)30-7-3/h5,8-11,13-15H,1,6-7,12H2,2-4H3/b21-15+,26-24?. The molecule has 0 aromatic heterocycles. The van der Waals surface area contributed by atoms with Crippen LogP contribution in [0.4, 0.5) is 5.69 Å². The Labute approximate surface area is 197 Å². The van der Waals surface area contributed by atoms with E-state index in [-0.39, 0.29) is 5.91 Å². The van der Waals surface area contributed by atoms with Gasteiger partial charge in [0.05, 0.1) is 29.3 Å². The lowest BCUT2D eigenvalue weighted by Gasteiger charge is -2.12. The average Bonchev–Trinajstić information content (AvgIpc) is 3.07. The number of thioether (sulfide) groups is 1. The van der Waals surface area contributed by atoms with E-state index < -0.39 is 0 Å². The maximum atomic E-state index is 13.0. The van der Waals surface area contributed by atoms with Gasteiger partial charge < -0.3 is 14.2 Å². The second-order valence-corrected chi connectivity index (χ2v) is 8.03. The van der Waals surface area contributed by atoms with Gasteiger partial charge in [0.25, 0.3) is 5.91 Å². The number of halogens is 1.